The van der Waals surface area contributed by atoms with Crippen molar-refractivity contribution in [1.82, 2.24) is 19.5 Å². The SMILES string of the molecule is c1ccc(-c2ccc(-n3c4ccccc4c4cc5oc6c(-c7nc(-c8ccccc8)nc(-c8ccc9c(c8)sc8ccccc89)n7)cccc6c5cc43)cc2)cc1. The first-order chi connectivity index (χ1) is 28.2. The van der Waals surface area contributed by atoms with Gasteiger partial charge in [0, 0.05) is 58.5 Å². The van der Waals surface area contributed by atoms with Gasteiger partial charge in [-0.1, -0.05) is 133 Å². The molecular weight excluding hydrogens is 717 g/mol. The highest BCUT2D eigenvalue weighted by Gasteiger charge is 2.21. The van der Waals surface area contributed by atoms with Gasteiger partial charge in [0.2, 0.25) is 0 Å². The second-order valence-corrected chi connectivity index (χ2v) is 15.5. The van der Waals surface area contributed by atoms with Crippen LogP contribution in [0.3, 0.4) is 0 Å². The lowest BCUT2D eigenvalue weighted by Gasteiger charge is -2.09. The molecule has 12 aromatic rings. The van der Waals surface area contributed by atoms with Gasteiger partial charge < -0.3 is 8.98 Å². The molecule has 0 aliphatic rings. The van der Waals surface area contributed by atoms with Gasteiger partial charge in [-0.25, -0.2) is 15.0 Å². The van der Waals surface area contributed by atoms with Crippen molar-refractivity contribution in [2.24, 2.45) is 0 Å². The number of para-hydroxylation sites is 2. The summed E-state index contributed by atoms with van der Waals surface area (Å²) in [6.07, 6.45) is 0. The first-order valence-electron chi connectivity index (χ1n) is 19.0. The molecule has 4 heterocycles. The zero-order valence-corrected chi connectivity index (χ0v) is 31.2. The lowest BCUT2D eigenvalue weighted by atomic mass is 10.1. The van der Waals surface area contributed by atoms with Crippen molar-refractivity contribution in [2.45, 2.75) is 0 Å². The van der Waals surface area contributed by atoms with Crippen LogP contribution in [0, 0.1) is 0 Å². The van der Waals surface area contributed by atoms with Crippen LogP contribution in [-0.2, 0) is 0 Å². The van der Waals surface area contributed by atoms with Crippen LogP contribution in [0.25, 0.3) is 115 Å². The number of hydrogen-bond acceptors (Lipinski definition) is 5. The van der Waals surface area contributed by atoms with E-state index in [4.69, 9.17) is 19.4 Å². The molecule has 12 rings (SSSR count). The van der Waals surface area contributed by atoms with Gasteiger partial charge >= 0.3 is 0 Å². The van der Waals surface area contributed by atoms with E-state index in [0.29, 0.717) is 17.5 Å². The van der Waals surface area contributed by atoms with Crippen molar-refractivity contribution in [3.8, 4) is 51.0 Å². The van der Waals surface area contributed by atoms with Crippen molar-refractivity contribution >= 4 is 75.3 Å². The lowest BCUT2D eigenvalue weighted by Crippen LogP contribution is -2.00. The molecule has 0 radical (unpaired) electrons. The molecule has 4 aromatic heterocycles. The minimum absolute atomic E-state index is 0.568. The summed E-state index contributed by atoms with van der Waals surface area (Å²) in [7, 11) is 0. The Kier molecular flexibility index (Phi) is 7.03. The summed E-state index contributed by atoms with van der Waals surface area (Å²) >= 11 is 1.79. The summed E-state index contributed by atoms with van der Waals surface area (Å²) in [5.74, 6) is 1.80. The van der Waals surface area contributed by atoms with Crippen LogP contribution < -0.4 is 0 Å². The monoisotopic (exact) mass is 746 g/mol. The van der Waals surface area contributed by atoms with Crippen molar-refractivity contribution < 1.29 is 4.42 Å². The molecule has 6 heteroatoms. The maximum atomic E-state index is 6.85. The second kappa shape index (κ2) is 12.6. The first-order valence-corrected chi connectivity index (χ1v) is 19.8. The number of hydrogen-bond donors (Lipinski definition) is 0. The average molecular weight is 747 g/mol. The normalized spacial score (nSPS) is 11.9. The van der Waals surface area contributed by atoms with E-state index < -0.39 is 0 Å². The van der Waals surface area contributed by atoms with Crippen LogP contribution in [0.1, 0.15) is 0 Å². The Bertz CT molecular complexity index is 3510. The topological polar surface area (TPSA) is 56.7 Å². The third kappa shape index (κ3) is 5.12. The minimum atomic E-state index is 0.568. The Balaban J connectivity index is 1.04. The van der Waals surface area contributed by atoms with E-state index in [-0.39, 0.29) is 0 Å². The zero-order valence-electron chi connectivity index (χ0n) is 30.4. The fourth-order valence-electron chi connectivity index (χ4n) is 8.35. The largest absolute Gasteiger partial charge is 0.455 e. The summed E-state index contributed by atoms with van der Waals surface area (Å²) in [4.78, 5) is 15.3. The Labute approximate surface area is 330 Å². The minimum Gasteiger partial charge on any atom is -0.455 e. The molecule has 57 heavy (non-hydrogen) atoms. The molecule has 0 saturated heterocycles. The number of aromatic nitrogens is 4. The van der Waals surface area contributed by atoms with Crippen LogP contribution >= 0.6 is 11.3 Å². The van der Waals surface area contributed by atoms with E-state index in [1.54, 1.807) is 11.3 Å². The van der Waals surface area contributed by atoms with Gasteiger partial charge in [-0.2, -0.15) is 0 Å². The number of rotatable bonds is 5. The van der Waals surface area contributed by atoms with E-state index in [1.807, 2.05) is 30.3 Å². The summed E-state index contributed by atoms with van der Waals surface area (Å²) < 4.78 is 11.7. The molecule has 0 N–H and O–H groups in total. The van der Waals surface area contributed by atoms with E-state index in [1.165, 1.54) is 36.7 Å². The lowest BCUT2D eigenvalue weighted by molar-refractivity contribution is 0.670. The number of nitrogens with zero attached hydrogens (tertiary/aromatic N) is 4. The van der Waals surface area contributed by atoms with Crippen LogP contribution in [0.2, 0.25) is 0 Å². The fourth-order valence-corrected chi connectivity index (χ4v) is 9.50. The van der Waals surface area contributed by atoms with E-state index in [9.17, 15) is 0 Å². The molecule has 0 fully saturated rings. The molecule has 5 nitrogen and oxygen atoms in total. The molecule has 0 spiro atoms. The number of thiophene rings is 1. The maximum Gasteiger partial charge on any atom is 0.167 e. The van der Waals surface area contributed by atoms with Crippen LogP contribution in [0.5, 0.6) is 0 Å². The molecule has 0 bridgehead atoms. The summed E-state index contributed by atoms with van der Waals surface area (Å²) in [6.45, 7) is 0. The van der Waals surface area contributed by atoms with E-state index in [0.717, 1.165) is 60.7 Å². The van der Waals surface area contributed by atoms with Crippen LogP contribution in [0.4, 0.5) is 0 Å². The highest BCUT2D eigenvalue weighted by molar-refractivity contribution is 7.25. The molecular formula is C51H30N4OS. The highest BCUT2D eigenvalue weighted by Crippen LogP contribution is 2.42. The smallest absolute Gasteiger partial charge is 0.167 e. The molecule has 0 unspecified atom stereocenters. The van der Waals surface area contributed by atoms with Crippen LogP contribution in [-0.4, -0.2) is 19.5 Å². The molecule has 266 valence electrons. The van der Waals surface area contributed by atoms with Crippen LogP contribution in [0.15, 0.2) is 186 Å². The summed E-state index contributed by atoms with van der Waals surface area (Å²) in [5.41, 5.74) is 10.0. The predicted molar refractivity (Wildman–Crippen MR) is 236 cm³/mol. The summed E-state index contributed by atoms with van der Waals surface area (Å²) in [6, 6.07) is 63.9. The fraction of sp³-hybridized carbons (Fsp3) is 0. The van der Waals surface area contributed by atoms with Gasteiger partial charge in [0.1, 0.15) is 11.2 Å². The third-order valence-corrected chi connectivity index (χ3v) is 12.2. The maximum absolute atomic E-state index is 6.85. The Hall–Kier alpha value is -7.41. The number of benzene rings is 8. The van der Waals surface area contributed by atoms with Crippen molar-refractivity contribution in [3.05, 3.63) is 182 Å². The Morgan fingerprint density at radius 3 is 1.84 bits per heavy atom. The van der Waals surface area contributed by atoms with Crippen molar-refractivity contribution in [3.63, 3.8) is 0 Å². The number of fused-ring (bicyclic) bond motifs is 9. The Morgan fingerprint density at radius 2 is 1.02 bits per heavy atom. The highest BCUT2D eigenvalue weighted by atomic mass is 32.1. The standard InChI is InChI=1S/C51H30N4OS/c1-3-12-31(13-4-1)32-22-25-35(26-23-32)55-43-20-9-7-16-36(43)41-30-45-42(29-44(41)55)39-18-11-19-40(48(39)56-45)51-53-49(33-14-5-2-6-15-33)52-50(54-51)34-24-27-38-37-17-8-10-21-46(37)57-47(38)28-34/h1-30H. The third-order valence-electron chi connectivity index (χ3n) is 11.1. The zero-order chi connectivity index (χ0) is 37.5. The number of furan rings is 1. The molecule has 0 saturated carbocycles. The molecule has 0 amide bonds. The predicted octanol–water partition coefficient (Wildman–Crippen LogP) is 13.9. The first kappa shape index (κ1) is 31.9. The average Bonchev–Trinajstić information content (AvgIpc) is 3.95. The van der Waals surface area contributed by atoms with E-state index >= 15 is 0 Å². The molecule has 0 aliphatic heterocycles. The molecule has 0 aliphatic carbocycles. The quantitative estimate of drug-likeness (QED) is 0.176. The van der Waals surface area contributed by atoms with E-state index in [2.05, 4.69) is 156 Å². The van der Waals surface area contributed by atoms with Crippen molar-refractivity contribution in [2.75, 3.05) is 0 Å². The molecule has 8 aromatic carbocycles. The second-order valence-electron chi connectivity index (χ2n) is 14.4. The van der Waals surface area contributed by atoms with Gasteiger partial charge in [-0.15, -0.1) is 11.3 Å². The van der Waals surface area contributed by atoms with Gasteiger partial charge in [0.25, 0.3) is 0 Å². The Morgan fingerprint density at radius 1 is 0.386 bits per heavy atom. The van der Waals surface area contributed by atoms with Gasteiger partial charge in [-0.3, -0.25) is 0 Å². The van der Waals surface area contributed by atoms with Gasteiger partial charge in [-0.05, 0) is 59.7 Å². The van der Waals surface area contributed by atoms with Crippen molar-refractivity contribution in [1.29, 1.82) is 0 Å². The summed E-state index contributed by atoms with van der Waals surface area (Å²) in [5, 5.41) is 6.86. The van der Waals surface area contributed by atoms with Gasteiger partial charge in [0.15, 0.2) is 17.5 Å². The molecule has 0 atom stereocenters. The van der Waals surface area contributed by atoms with Gasteiger partial charge in [0.05, 0.1) is 16.6 Å².